The first-order valence-electron chi connectivity index (χ1n) is 49.0. The molecule has 0 bridgehead atoms. The summed E-state index contributed by atoms with van der Waals surface area (Å²) in [6.45, 7) is 7.25. The molecule has 0 saturated carbocycles. The maximum Gasteiger partial charge on any atom is 0.257 e. The first-order chi connectivity index (χ1) is 65.1. The first-order valence-corrected chi connectivity index (χ1v) is 42.0. The van der Waals surface area contributed by atoms with Crippen LogP contribution in [0.25, 0.3) is 0 Å². The Bertz CT molecular complexity index is 6110. The lowest BCUT2D eigenvalue weighted by Gasteiger charge is -2.34. The number of carbonyl (C=O) groups excluding carboxylic acids is 3. The van der Waals surface area contributed by atoms with Gasteiger partial charge in [0.05, 0.1) is 30.6 Å². The standard InChI is InChI=1S/3C33H36F2N4O2/c3*1-38-8-10-39(11-9-38)29-4-5-30(26(19-29)15-22-6-12-41-13-7-22)33(40)37-32-31-18-23(2-3-25(31)21-36-32)14-24-16-27(34)20-28(35)17-24/h3*2-5,16-20,22H,6-15,21H2,1H3,(H,36,37,40)/i6D2,7D2,12D2,13D2;4D,19D,20D;14D2,20D. The van der Waals surface area contributed by atoms with Crippen molar-refractivity contribution in [3.05, 3.63) is 299 Å². The summed E-state index contributed by atoms with van der Waals surface area (Å²) in [5, 5.41) is 8.76. The number of ether oxygens (including phenoxy) is 3. The highest BCUT2D eigenvalue weighted by atomic mass is 19.2. The summed E-state index contributed by atoms with van der Waals surface area (Å²) in [6.07, 6.45) is -3.30. The van der Waals surface area contributed by atoms with Crippen molar-refractivity contribution in [3.8, 4) is 0 Å². The molecule has 9 aliphatic heterocycles. The van der Waals surface area contributed by atoms with Crippen LogP contribution in [0.2, 0.25) is 0 Å². The largest absolute Gasteiger partial charge is 0.381 e. The van der Waals surface area contributed by atoms with Crippen LogP contribution in [-0.4, -0.2) is 189 Å². The molecule has 642 valence electrons. The van der Waals surface area contributed by atoms with Crippen molar-refractivity contribution in [3.63, 3.8) is 0 Å². The number of nitrogens with zero attached hydrogens (tertiary/aromatic N) is 9. The Balaban J connectivity index is 0.000000149. The van der Waals surface area contributed by atoms with E-state index in [4.69, 9.17) is 32.0 Å². The molecule has 0 radical (unpaired) electrons. The topological polar surface area (TPSA) is 172 Å². The monoisotopic (exact) mass is 1690 g/mol. The number of hydrogen-bond donors (Lipinski definition) is 3. The van der Waals surface area contributed by atoms with E-state index in [0.29, 0.717) is 114 Å². The maximum atomic E-state index is 14.1. The highest BCUT2D eigenvalue weighted by Crippen LogP contribution is 2.34. The number of likely N-dealkylation sites (N-methyl/N-ethyl adjacent to an activating group) is 3. The van der Waals surface area contributed by atoms with Crippen molar-refractivity contribution >= 4 is 52.3 Å². The Morgan fingerprint density at radius 1 is 0.390 bits per heavy atom. The number of carbonyl (C=O) groups is 3. The second kappa shape index (κ2) is 39.8. The molecule has 18 rings (SSSR count). The zero-order chi connectivity index (χ0) is 97.5. The number of halogens is 6. The number of benzene rings is 9. The molecule has 9 aromatic rings. The number of anilines is 3. The van der Waals surface area contributed by atoms with Gasteiger partial charge in [0.25, 0.3) is 17.7 Å². The molecule has 0 spiro atoms. The second-order valence-electron chi connectivity index (χ2n) is 32.8. The molecule has 0 aliphatic carbocycles. The van der Waals surface area contributed by atoms with Crippen molar-refractivity contribution in [1.82, 2.24) is 30.7 Å². The molecular weight excluding hydrogens is 1570 g/mol. The molecule has 9 aliphatic rings. The lowest BCUT2D eigenvalue weighted by atomic mass is 9.89. The van der Waals surface area contributed by atoms with Gasteiger partial charge in [-0.05, 0) is 292 Å². The Kier molecular flexibility index (Phi) is 22.5. The van der Waals surface area contributed by atoms with Crippen LogP contribution >= 0.6 is 0 Å². The van der Waals surface area contributed by atoms with Gasteiger partial charge in [-0.2, -0.15) is 0 Å². The molecule has 9 heterocycles. The minimum absolute atomic E-state index is 0.0691. The molecule has 123 heavy (non-hydrogen) atoms. The van der Waals surface area contributed by atoms with E-state index in [2.05, 4.69) is 80.5 Å². The van der Waals surface area contributed by atoms with Gasteiger partial charge in [0, 0.05) is 195 Å². The Hall–Kier alpha value is -10.9. The average Bonchev–Trinajstić information content (AvgIpc) is 1.43. The van der Waals surface area contributed by atoms with E-state index >= 15 is 0 Å². The fraction of sp³-hybridized carbons (Fsp3) is 0.394. The molecule has 3 amide bonds. The van der Waals surface area contributed by atoms with E-state index in [1.54, 1.807) is 48.5 Å². The summed E-state index contributed by atoms with van der Waals surface area (Å²) in [5.74, 6) is -6.96. The molecule has 3 N–H and O–H groups in total. The zero-order valence-electron chi connectivity index (χ0n) is 83.1. The molecular formula is C99H108F6N12O6. The molecule has 0 atom stereocenters. The quantitative estimate of drug-likeness (QED) is 0.0696. The molecule has 6 fully saturated rings. The van der Waals surface area contributed by atoms with E-state index in [1.807, 2.05) is 49.5 Å². The summed E-state index contributed by atoms with van der Waals surface area (Å²) in [6, 6.07) is 34.6. The normalized spacial score (nSPS) is 21.2. The molecule has 9 aromatic carbocycles. The van der Waals surface area contributed by atoms with Gasteiger partial charge in [0.2, 0.25) is 0 Å². The number of rotatable bonds is 18. The number of amidine groups is 3. The number of nitrogens with one attached hydrogen (secondary N) is 3. The number of hydrogen-bond acceptors (Lipinski definition) is 15. The molecule has 24 heteroatoms. The number of fused-ring (bicyclic) bond motifs is 3. The van der Waals surface area contributed by atoms with E-state index in [9.17, 15) is 42.1 Å². The number of amides is 3. The highest BCUT2D eigenvalue weighted by molar-refractivity contribution is 6.16. The van der Waals surface area contributed by atoms with Crippen LogP contribution in [0.15, 0.2) is 179 Å². The van der Waals surface area contributed by atoms with E-state index in [0.717, 1.165) is 186 Å². The molecule has 0 aromatic heterocycles. The van der Waals surface area contributed by atoms with Gasteiger partial charge in [-0.25, -0.2) is 26.3 Å². The van der Waals surface area contributed by atoms with E-state index in [1.165, 1.54) is 12.1 Å². The lowest BCUT2D eigenvalue weighted by Crippen LogP contribution is -2.44. The Morgan fingerprint density at radius 2 is 0.756 bits per heavy atom. The number of piperazine rings is 3. The highest BCUT2D eigenvalue weighted by Gasteiger charge is 2.31. The Labute approximate surface area is 736 Å². The van der Waals surface area contributed by atoms with Crippen molar-refractivity contribution in [1.29, 1.82) is 0 Å². The third kappa shape index (κ3) is 22.2. The zero-order valence-corrected chi connectivity index (χ0v) is 69.1. The van der Waals surface area contributed by atoms with Gasteiger partial charge < -0.3 is 59.6 Å². The van der Waals surface area contributed by atoms with Gasteiger partial charge in [-0.3, -0.25) is 29.4 Å². The molecule has 6 saturated heterocycles. The van der Waals surface area contributed by atoms with E-state index in [-0.39, 0.29) is 71.4 Å². The van der Waals surface area contributed by atoms with Gasteiger partial charge in [0.1, 0.15) is 52.4 Å². The van der Waals surface area contributed by atoms with Crippen molar-refractivity contribution < 1.29 is 74.1 Å². The SMILES string of the molecule is [2H]C1([2H])OC([2H])([2H])C([2H])([2H])C(Cc2cc(N3CCN(C)CC3)ccc2C(=O)NC2=NCc3ccc(Cc4cc(F)cc(F)c4)cc32)C1([2H])[2H].[2H]c1c(F)cc(C([2H])([2H])c2ccc3c(c2)C(NC(=O)c2ccc(N4CCN(C)CC4)cc2CC2CCOCC2)=NC3)cc1F.[2H]c1cc(C(=O)NC2=NCc3ccc(Cc4cc(F)c([2H])c(F)c4)cc32)c(CC2CCOCC2)c([2H])c1N1CCN(C)CC1. The van der Waals surface area contributed by atoms with Crippen LogP contribution < -0.4 is 30.7 Å². The summed E-state index contributed by atoms with van der Waals surface area (Å²) >= 11 is 0. The van der Waals surface area contributed by atoms with Crippen LogP contribution in [0, 0.1) is 52.7 Å². The fourth-order valence-corrected chi connectivity index (χ4v) is 17.0. The summed E-state index contributed by atoms with van der Waals surface area (Å²) < 4.78 is 217. The van der Waals surface area contributed by atoms with Gasteiger partial charge in [0.15, 0.2) is 0 Å². The van der Waals surface area contributed by atoms with Gasteiger partial charge in [-0.1, -0.05) is 36.4 Å². The van der Waals surface area contributed by atoms with Crippen molar-refractivity contribution in [2.45, 2.75) is 96.5 Å². The predicted octanol–water partition coefficient (Wildman–Crippen LogP) is 14.9. The smallest absolute Gasteiger partial charge is 0.257 e. The van der Waals surface area contributed by atoms with Crippen LogP contribution in [0.5, 0.6) is 0 Å². The summed E-state index contributed by atoms with van der Waals surface area (Å²) in [7, 11) is 6.19. The third-order valence-electron chi connectivity index (χ3n) is 23.9. The second-order valence-corrected chi connectivity index (χ2v) is 32.8. The third-order valence-corrected chi connectivity index (χ3v) is 23.9. The summed E-state index contributed by atoms with van der Waals surface area (Å²) in [4.78, 5) is 68.5. The van der Waals surface area contributed by atoms with Crippen LogP contribution in [-0.2, 0) is 72.3 Å². The van der Waals surface area contributed by atoms with Crippen molar-refractivity contribution in [2.75, 3.05) is 154 Å². The van der Waals surface area contributed by atoms with Crippen LogP contribution in [0.3, 0.4) is 0 Å². The van der Waals surface area contributed by atoms with Crippen LogP contribution in [0.1, 0.15) is 172 Å². The predicted molar refractivity (Wildman–Crippen MR) is 470 cm³/mol. The van der Waals surface area contributed by atoms with Crippen LogP contribution in [0.4, 0.5) is 43.4 Å². The van der Waals surface area contributed by atoms with Gasteiger partial charge in [-0.15, -0.1) is 0 Å². The van der Waals surface area contributed by atoms with E-state index < -0.39 is 103 Å². The Morgan fingerprint density at radius 3 is 1.19 bits per heavy atom. The number of aliphatic imine (C=N–C) groups is 3. The summed E-state index contributed by atoms with van der Waals surface area (Å²) in [5.41, 5.74) is 12.0. The average molecular weight is 1690 g/mol. The minimum atomic E-state index is -3.17. The first kappa shape index (κ1) is 69.5. The molecule has 0 unspecified atom stereocenters. The van der Waals surface area contributed by atoms with Crippen molar-refractivity contribution in [2.24, 2.45) is 32.7 Å². The maximum absolute atomic E-state index is 14.1. The van der Waals surface area contributed by atoms with Gasteiger partial charge >= 0.3 is 0 Å². The minimum Gasteiger partial charge on any atom is -0.381 e. The molecule has 18 nitrogen and oxygen atoms in total. The fourth-order valence-electron chi connectivity index (χ4n) is 17.0. The lowest BCUT2D eigenvalue weighted by molar-refractivity contribution is 0.0663.